The number of thiophene rings is 1. The first-order chi connectivity index (χ1) is 11.1. The summed E-state index contributed by atoms with van der Waals surface area (Å²) in [6, 6.07) is 2.53. The molecule has 2 rings (SSSR count). The summed E-state index contributed by atoms with van der Waals surface area (Å²) < 4.78 is 0. The standard InChI is InChI=1S/C17H29N3O2S/c1-3-16-11-19(7-8-20(16)10-14(2)21)12-17(22)18-6-4-15-5-9-23-13-15/h5,9,13-14,16,21H,3-4,6-8,10-12H2,1-2H3,(H,18,22)/t14-,16-/m1/s1. The molecule has 2 heterocycles. The lowest BCUT2D eigenvalue weighted by atomic mass is 10.1. The van der Waals surface area contributed by atoms with Crippen molar-refractivity contribution in [3.63, 3.8) is 0 Å². The Balaban J connectivity index is 1.69. The number of hydrogen-bond acceptors (Lipinski definition) is 5. The molecule has 0 spiro atoms. The summed E-state index contributed by atoms with van der Waals surface area (Å²) in [5.41, 5.74) is 1.29. The second-order valence-corrected chi connectivity index (χ2v) is 7.15. The Bertz CT molecular complexity index is 464. The molecule has 2 atom stereocenters. The lowest BCUT2D eigenvalue weighted by Gasteiger charge is -2.41. The van der Waals surface area contributed by atoms with E-state index in [4.69, 9.17) is 0 Å². The second kappa shape index (κ2) is 9.37. The summed E-state index contributed by atoms with van der Waals surface area (Å²) in [5.74, 6) is 0.110. The minimum atomic E-state index is -0.295. The molecule has 1 amide bonds. The number of aliphatic hydroxyl groups excluding tert-OH is 1. The van der Waals surface area contributed by atoms with Crippen LogP contribution in [0.5, 0.6) is 0 Å². The highest BCUT2D eigenvalue weighted by molar-refractivity contribution is 7.07. The molecule has 2 N–H and O–H groups in total. The zero-order valence-corrected chi connectivity index (χ0v) is 15.0. The van der Waals surface area contributed by atoms with Crippen molar-refractivity contribution in [1.82, 2.24) is 15.1 Å². The van der Waals surface area contributed by atoms with Crippen LogP contribution in [0, 0.1) is 0 Å². The molecule has 1 aliphatic rings. The maximum Gasteiger partial charge on any atom is 0.234 e. The van der Waals surface area contributed by atoms with Crippen molar-refractivity contribution in [2.45, 2.75) is 38.8 Å². The summed E-state index contributed by atoms with van der Waals surface area (Å²) in [5, 5.41) is 16.8. The smallest absolute Gasteiger partial charge is 0.234 e. The van der Waals surface area contributed by atoms with Gasteiger partial charge in [0.25, 0.3) is 0 Å². The second-order valence-electron chi connectivity index (χ2n) is 6.37. The maximum absolute atomic E-state index is 12.1. The average molecular weight is 340 g/mol. The van der Waals surface area contributed by atoms with E-state index < -0.39 is 0 Å². The molecule has 23 heavy (non-hydrogen) atoms. The van der Waals surface area contributed by atoms with Crippen LogP contribution in [0.25, 0.3) is 0 Å². The minimum Gasteiger partial charge on any atom is -0.392 e. The number of carbonyl (C=O) groups excluding carboxylic acids is 1. The van der Waals surface area contributed by atoms with Crippen molar-refractivity contribution in [1.29, 1.82) is 0 Å². The van der Waals surface area contributed by atoms with E-state index in [1.54, 1.807) is 11.3 Å². The fourth-order valence-electron chi connectivity index (χ4n) is 3.11. The van der Waals surface area contributed by atoms with Gasteiger partial charge in [-0.2, -0.15) is 11.3 Å². The fraction of sp³-hybridized carbons (Fsp3) is 0.706. The van der Waals surface area contributed by atoms with Gasteiger partial charge >= 0.3 is 0 Å². The molecule has 1 aromatic heterocycles. The lowest BCUT2D eigenvalue weighted by molar-refractivity contribution is -0.123. The van der Waals surface area contributed by atoms with E-state index in [1.807, 2.05) is 6.92 Å². The first kappa shape index (κ1) is 18.4. The van der Waals surface area contributed by atoms with E-state index in [2.05, 4.69) is 38.9 Å². The molecule has 1 saturated heterocycles. The minimum absolute atomic E-state index is 0.110. The monoisotopic (exact) mass is 339 g/mol. The van der Waals surface area contributed by atoms with Crippen LogP contribution in [0.15, 0.2) is 16.8 Å². The van der Waals surface area contributed by atoms with Gasteiger partial charge in [-0.25, -0.2) is 0 Å². The first-order valence-corrected chi connectivity index (χ1v) is 9.45. The van der Waals surface area contributed by atoms with Crippen LogP contribution < -0.4 is 5.32 Å². The molecule has 1 aromatic rings. The van der Waals surface area contributed by atoms with Gasteiger partial charge in [0, 0.05) is 38.8 Å². The highest BCUT2D eigenvalue weighted by atomic mass is 32.1. The SMILES string of the molecule is CC[C@@H]1CN(CC(=O)NCCc2ccsc2)CCN1C[C@@H](C)O. The number of nitrogens with one attached hydrogen (secondary N) is 1. The Labute approximate surface area is 143 Å². The van der Waals surface area contributed by atoms with Crippen molar-refractivity contribution in [3.05, 3.63) is 22.4 Å². The quantitative estimate of drug-likeness (QED) is 0.747. The molecule has 0 radical (unpaired) electrons. The fourth-order valence-corrected chi connectivity index (χ4v) is 3.81. The van der Waals surface area contributed by atoms with Crippen LogP contribution >= 0.6 is 11.3 Å². The maximum atomic E-state index is 12.1. The van der Waals surface area contributed by atoms with E-state index in [0.29, 0.717) is 19.1 Å². The van der Waals surface area contributed by atoms with Gasteiger partial charge in [-0.05, 0) is 42.2 Å². The molecular formula is C17H29N3O2S. The number of carbonyl (C=O) groups is 1. The summed E-state index contributed by atoms with van der Waals surface area (Å²) in [6.07, 6.45) is 1.65. The Kier molecular flexibility index (Phi) is 7.49. The molecule has 1 fully saturated rings. The summed E-state index contributed by atoms with van der Waals surface area (Å²) in [7, 11) is 0. The number of aliphatic hydroxyl groups is 1. The molecule has 130 valence electrons. The molecule has 0 saturated carbocycles. The van der Waals surface area contributed by atoms with Crippen molar-refractivity contribution in [2.75, 3.05) is 39.3 Å². The largest absolute Gasteiger partial charge is 0.392 e. The molecule has 0 bridgehead atoms. The highest BCUT2D eigenvalue weighted by Gasteiger charge is 2.27. The van der Waals surface area contributed by atoms with Crippen LogP contribution in [0.3, 0.4) is 0 Å². The number of piperazine rings is 1. The van der Waals surface area contributed by atoms with Crippen molar-refractivity contribution in [3.8, 4) is 0 Å². The first-order valence-electron chi connectivity index (χ1n) is 8.50. The number of hydrogen-bond donors (Lipinski definition) is 2. The molecule has 0 unspecified atom stereocenters. The zero-order chi connectivity index (χ0) is 16.7. The van der Waals surface area contributed by atoms with E-state index in [0.717, 1.165) is 39.0 Å². The number of rotatable bonds is 8. The average Bonchev–Trinajstić information content (AvgIpc) is 3.01. The van der Waals surface area contributed by atoms with Gasteiger partial charge in [0.1, 0.15) is 0 Å². The van der Waals surface area contributed by atoms with Crippen molar-refractivity contribution < 1.29 is 9.90 Å². The van der Waals surface area contributed by atoms with E-state index >= 15 is 0 Å². The van der Waals surface area contributed by atoms with Crippen molar-refractivity contribution in [2.24, 2.45) is 0 Å². The topological polar surface area (TPSA) is 55.8 Å². The van der Waals surface area contributed by atoms with Gasteiger partial charge in [-0.15, -0.1) is 0 Å². The van der Waals surface area contributed by atoms with Crippen LogP contribution in [-0.4, -0.2) is 72.2 Å². The van der Waals surface area contributed by atoms with Gasteiger partial charge in [-0.1, -0.05) is 6.92 Å². The third kappa shape index (κ3) is 6.22. The van der Waals surface area contributed by atoms with Crippen LogP contribution in [0.2, 0.25) is 0 Å². The van der Waals surface area contributed by atoms with Crippen LogP contribution in [-0.2, 0) is 11.2 Å². The van der Waals surface area contributed by atoms with Crippen LogP contribution in [0.1, 0.15) is 25.8 Å². The highest BCUT2D eigenvalue weighted by Crippen LogP contribution is 2.13. The molecule has 1 aliphatic heterocycles. The Morgan fingerprint density at radius 2 is 2.35 bits per heavy atom. The van der Waals surface area contributed by atoms with Gasteiger partial charge < -0.3 is 10.4 Å². The molecule has 5 nitrogen and oxygen atoms in total. The molecule has 0 aromatic carbocycles. The predicted octanol–water partition coefficient (Wildman–Crippen LogP) is 1.18. The number of β-amino-alcohol motifs (C(OH)–C–C–N with tert-alkyl or cyclic N) is 1. The Morgan fingerprint density at radius 1 is 1.52 bits per heavy atom. The molecular weight excluding hydrogens is 310 g/mol. The molecule has 0 aliphatic carbocycles. The van der Waals surface area contributed by atoms with Gasteiger partial charge in [0.15, 0.2) is 0 Å². The van der Waals surface area contributed by atoms with Crippen molar-refractivity contribution >= 4 is 17.2 Å². The Hall–Kier alpha value is -0.950. The Morgan fingerprint density at radius 3 is 3.00 bits per heavy atom. The van der Waals surface area contributed by atoms with E-state index in [-0.39, 0.29) is 12.0 Å². The van der Waals surface area contributed by atoms with Gasteiger partial charge in [-0.3, -0.25) is 14.6 Å². The lowest BCUT2D eigenvalue weighted by Crippen LogP contribution is -2.56. The van der Waals surface area contributed by atoms with Crippen LogP contribution in [0.4, 0.5) is 0 Å². The predicted molar refractivity (Wildman–Crippen MR) is 94.8 cm³/mol. The van der Waals surface area contributed by atoms with E-state index in [9.17, 15) is 9.90 Å². The summed E-state index contributed by atoms with van der Waals surface area (Å²) >= 11 is 1.69. The van der Waals surface area contributed by atoms with Gasteiger partial charge in [0.05, 0.1) is 12.6 Å². The van der Waals surface area contributed by atoms with E-state index in [1.165, 1.54) is 5.56 Å². The number of amides is 1. The summed E-state index contributed by atoms with van der Waals surface area (Å²) in [4.78, 5) is 16.7. The molecule has 6 heteroatoms. The van der Waals surface area contributed by atoms with Gasteiger partial charge in [0.2, 0.25) is 5.91 Å². The third-order valence-electron chi connectivity index (χ3n) is 4.34. The third-order valence-corrected chi connectivity index (χ3v) is 5.07. The zero-order valence-electron chi connectivity index (χ0n) is 14.2. The normalized spacial score (nSPS) is 21.3. The summed E-state index contributed by atoms with van der Waals surface area (Å²) in [6.45, 7) is 8.62. The number of nitrogens with zero attached hydrogens (tertiary/aromatic N) is 2.